The lowest BCUT2D eigenvalue weighted by Gasteiger charge is -2.39. The maximum absolute atomic E-state index is 2.70. The van der Waals surface area contributed by atoms with Crippen LogP contribution in [-0.4, -0.2) is 37.6 Å². The van der Waals surface area contributed by atoms with E-state index in [4.69, 9.17) is 0 Å². The number of hydrogen-bond donors (Lipinski definition) is 0. The van der Waals surface area contributed by atoms with Crippen molar-refractivity contribution in [3.8, 4) is 0 Å². The van der Waals surface area contributed by atoms with Crippen LogP contribution in [0.2, 0.25) is 0 Å². The third-order valence-electron chi connectivity index (χ3n) is 5.75. The van der Waals surface area contributed by atoms with Crippen LogP contribution in [0, 0.1) is 25.7 Å². The van der Waals surface area contributed by atoms with Crippen molar-refractivity contribution >= 4 is 5.69 Å². The van der Waals surface area contributed by atoms with Gasteiger partial charge in [0.1, 0.15) is 0 Å². The van der Waals surface area contributed by atoms with Gasteiger partial charge in [0.05, 0.1) is 0 Å². The van der Waals surface area contributed by atoms with Crippen LogP contribution in [0.3, 0.4) is 0 Å². The monoisotopic (exact) mass is 312 g/mol. The van der Waals surface area contributed by atoms with Crippen LogP contribution in [0.5, 0.6) is 0 Å². The number of allylic oxidation sites excluding steroid dienone is 2. The second-order valence-electron chi connectivity index (χ2n) is 7.42. The summed E-state index contributed by atoms with van der Waals surface area (Å²) in [6, 6.07) is 6.83. The normalized spacial score (nSPS) is 23.4. The molecular weight excluding hydrogens is 280 g/mol. The number of nitrogens with zero attached hydrogens (tertiary/aromatic N) is 2. The molecule has 1 aromatic carbocycles. The molecule has 1 heterocycles. The molecule has 2 heteroatoms. The van der Waals surface area contributed by atoms with Gasteiger partial charge in [-0.25, -0.2) is 0 Å². The highest BCUT2D eigenvalue weighted by atomic mass is 15.3. The minimum absolute atomic E-state index is 0.831. The van der Waals surface area contributed by atoms with E-state index in [9.17, 15) is 0 Å². The topological polar surface area (TPSA) is 6.48 Å². The molecule has 0 saturated carbocycles. The number of anilines is 1. The van der Waals surface area contributed by atoms with Crippen molar-refractivity contribution in [1.82, 2.24) is 4.90 Å². The van der Waals surface area contributed by atoms with E-state index in [-0.39, 0.29) is 0 Å². The fraction of sp³-hybridized carbons (Fsp3) is 0.619. The quantitative estimate of drug-likeness (QED) is 0.743. The molecular formula is C21H32N2. The van der Waals surface area contributed by atoms with Crippen LogP contribution >= 0.6 is 0 Å². The van der Waals surface area contributed by atoms with E-state index >= 15 is 0 Å². The van der Waals surface area contributed by atoms with Gasteiger partial charge in [0.15, 0.2) is 0 Å². The molecule has 0 amide bonds. The Morgan fingerprint density at radius 2 is 1.91 bits per heavy atom. The first-order valence-electron chi connectivity index (χ1n) is 9.38. The van der Waals surface area contributed by atoms with Crippen molar-refractivity contribution in [2.45, 2.75) is 40.0 Å². The van der Waals surface area contributed by atoms with Gasteiger partial charge in [-0.1, -0.05) is 37.6 Å². The Morgan fingerprint density at radius 3 is 2.57 bits per heavy atom. The van der Waals surface area contributed by atoms with Crippen LogP contribution in [0.25, 0.3) is 0 Å². The predicted octanol–water partition coefficient (Wildman–Crippen LogP) is 4.42. The Bertz CT molecular complexity index is 541. The van der Waals surface area contributed by atoms with Gasteiger partial charge < -0.3 is 4.90 Å². The minimum atomic E-state index is 0.831. The highest BCUT2D eigenvalue weighted by molar-refractivity contribution is 5.55. The molecule has 1 aromatic rings. The predicted molar refractivity (Wildman–Crippen MR) is 100 cm³/mol. The summed E-state index contributed by atoms with van der Waals surface area (Å²) in [5.41, 5.74) is 4.22. The lowest BCUT2D eigenvalue weighted by Crippen LogP contribution is -2.48. The first kappa shape index (κ1) is 16.6. The third-order valence-corrected chi connectivity index (χ3v) is 5.75. The Kier molecular flexibility index (Phi) is 5.42. The molecule has 0 radical (unpaired) electrons. The number of piperazine rings is 1. The van der Waals surface area contributed by atoms with Crippen molar-refractivity contribution in [2.24, 2.45) is 11.8 Å². The zero-order valence-corrected chi connectivity index (χ0v) is 15.1. The first-order chi connectivity index (χ1) is 11.2. The largest absolute Gasteiger partial charge is 0.369 e. The number of hydrogen-bond acceptors (Lipinski definition) is 2. The highest BCUT2D eigenvalue weighted by Crippen LogP contribution is 2.29. The molecule has 2 atom stereocenters. The van der Waals surface area contributed by atoms with E-state index in [1.807, 2.05) is 0 Å². The van der Waals surface area contributed by atoms with Gasteiger partial charge in [0.2, 0.25) is 0 Å². The number of aryl methyl sites for hydroxylation is 2. The summed E-state index contributed by atoms with van der Waals surface area (Å²) in [4.78, 5) is 5.28. The van der Waals surface area contributed by atoms with Gasteiger partial charge in [-0.15, -0.1) is 0 Å². The molecule has 1 aliphatic heterocycles. The zero-order valence-electron chi connectivity index (χ0n) is 15.1. The standard InChI is InChI=1S/C21H32N2/c1-4-19(20-7-5-6-8-20)16-22-11-13-23(14-12-22)21-15-17(2)9-10-18(21)3/h5,7,9-10,15,19-20H,4,6,8,11-14,16H2,1-3H3. The second-order valence-corrected chi connectivity index (χ2v) is 7.42. The zero-order chi connectivity index (χ0) is 16.2. The molecule has 2 nitrogen and oxygen atoms in total. The summed E-state index contributed by atoms with van der Waals surface area (Å²) >= 11 is 0. The van der Waals surface area contributed by atoms with E-state index in [1.54, 1.807) is 0 Å². The molecule has 3 rings (SSSR count). The van der Waals surface area contributed by atoms with E-state index in [2.05, 4.69) is 60.9 Å². The lowest BCUT2D eigenvalue weighted by atomic mass is 9.89. The van der Waals surface area contributed by atoms with Crippen molar-refractivity contribution in [3.05, 3.63) is 41.5 Å². The number of rotatable bonds is 5. The molecule has 0 N–H and O–H groups in total. The maximum Gasteiger partial charge on any atom is 0.0399 e. The van der Waals surface area contributed by atoms with Crippen molar-refractivity contribution in [2.75, 3.05) is 37.6 Å². The molecule has 126 valence electrons. The molecule has 23 heavy (non-hydrogen) atoms. The number of benzene rings is 1. The first-order valence-corrected chi connectivity index (χ1v) is 9.38. The molecule has 2 aliphatic rings. The van der Waals surface area contributed by atoms with E-state index in [1.165, 1.54) is 68.8 Å². The van der Waals surface area contributed by atoms with Gasteiger partial charge in [-0.3, -0.25) is 4.90 Å². The summed E-state index contributed by atoms with van der Waals surface area (Å²) in [6.45, 7) is 12.8. The molecule has 1 saturated heterocycles. The van der Waals surface area contributed by atoms with Crippen LogP contribution in [0.4, 0.5) is 5.69 Å². The Hall–Kier alpha value is -1.28. The van der Waals surface area contributed by atoms with Gasteiger partial charge in [-0.05, 0) is 55.7 Å². The molecule has 1 fully saturated rings. The van der Waals surface area contributed by atoms with Gasteiger partial charge >= 0.3 is 0 Å². The summed E-state index contributed by atoms with van der Waals surface area (Å²) in [5, 5.41) is 0. The van der Waals surface area contributed by atoms with Gasteiger partial charge in [-0.2, -0.15) is 0 Å². The van der Waals surface area contributed by atoms with Crippen molar-refractivity contribution in [3.63, 3.8) is 0 Å². The molecule has 0 aromatic heterocycles. The van der Waals surface area contributed by atoms with Crippen LogP contribution in [0.15, 0.2) is 30.4 Å². The smallest absolute Gasteiger partial charge is 0.0399 e. The summed E-state index contributed by atoms with van der Waals surface area (Å²) in [6.07, 6.45) is 8.83. The Morgan fingerprint density at radius 1 is 1.13 bits per heavy atom. The Balaban J connectivity index is 1.55. The lowest BCUT2D eigenvalue weighted by molar-refractivity contribution is 0.191. The van der Waals surface area contributed by atoms with Crippen LogP contribution in [-0.2, 0) is 0 Å². The fourth-order valence-electron chi connectivity index (χ4n) is 4.18. The van der Waals surface area contributed by atoms with E-state index in [0.717, 1.165) is 11.8 Å². The fourth-order valence-corrected chi connectivity index (χ4v) is 4.18. The van der Waals surface area contributed by atoms with E-state index < -0.39 is 0 Å². The van der Waals surface area contributed by atoms with Crippen molar-refractivity contribution < 1.29 is 0 Å². The molecule has 2 unspecified atom stereocenters. The molecule has 0 spiro atoms. The minimum Gasteiger partial charge on any atom is -0.369 e. The van der Waals surface area contributed by atoms with Gasteiger partial charge in [0.25, 0.3) is 0 Å². The highest BCUT2D eigenvalue weighted by Gasteiger charge is 2.25. The van der Waals surface area contributed by atoms with Crippen LogP contribution in [0.1, 0.15) is 37.3 Å². The van der Waals surface area contributed by atoms with Gasteiger partial charge in [0, 0.05) is 38.4 Å². The third kappa shape index (κ3) is 3.98. The van der Waals surface area contributed by atoms with Crippen molar-refractivity contribution in [1.29, 1.82) is 0 Å². The molecule has 0 bridgehead atoms. The second kappa shape index (κ2) is 7.53. The summed E-state index contributed by atoms with van der Waals surface area (Å²) in [5.74, 6) is 1.68. The summed E-state index contributed by atoms with van der Waals surface area (Å²) < 4.78 is 0. The Labute approximate surface area is 142 Å². The van der Waals surface area contributed by atoms with E-state index in [0.29, 0.717) is 0 Å². The SMILES string of the molecule is CCC(CN1CCN(c2cc(C)ccc2C)CC1)C1C=CCC1. The molecule has 1 aliphatic carbocycles. The average molecular weight is 313 g/mol. The van der Waals surface area contributed by atoms with Crippen LogP contribution < -0.4 is 4.90 Å². The maximum atomic E-state index is 2.70. The average Bonchev–Trinajstić information content (AvgIpc) is 3.10. The summed E-state index contributed by atoms with van der Waals surface area (Å²) in [7, 11) is 0.